The summed E-state index contributed by atoms with van der Waals surface area (Å²) in [5, 5.41) is 3.20. The Morgan fingerprint density at radius 2 is 2.03 bits per heavy atom. The minimum atomic E-state index is -0.190. The predicted octanol–water partition coefficient (Wildman–Crippen LogP) is 3.04. The highest BCUT2D eigenvalue weighted by atomic mass is 16.6. The number of carbonyl (C=O) groups is 1. The van der Waals surface area contributed by atoms with Gasteiger partial charge in [0.15, 0.2) is 17.6 Å². The zero-order valence-corrected chi connectivity index (χ0v) is 17.3. The summed E-state index contributed by atoms with van der Waals surface area (Å²) in [7, 11) is 0. The normalized spacial score (nSPS) is 26.8. The molecule has 1 unspecified atom stereocenters. The molecule has 0 saturated carbocycles. The summed E-state index contributed by atoms with van der Waals surface area (Å²) in [4.78, 5) is 15.2. The van der Waals surface area contributed by atoms with Gasteiger partial charge < -0.3 is 24.4 Å². The first-order valence-electron chi connectivity index (χ1n) is 10.8. The number of piperidine rings is 1. The lowest BCUT2D eigenvalue weighted by Crippen LogP contribution is -2.47. The van der Waals surface area contributed by atoms with Gasteiger partial charge in [-0.25, -0.2) is 0 Å². The van der Waals surface area contributed by atoms with Crippen LogP contribution in [0.5, 0.6) is 17.2 Å². The summed E-state index contributed by atoms with van der Waals surface area (Å²) in [6.45, 7) is 6.15. The number of fused-ring (bicyclic) bond motifs is 3. The maximum absolute atomic E-state index is 12.7. The van der Waals surface area contributed by atoms with E-state index in [4.69, 9.17) is 14.2 Å². The number of aryl methyl sites for hydroxylation is 1. The van der Waals surface area contributed by atoms with Crippen LogP contribution in [0.3, 0.4) is 0 Å². The van der Waals surface area contributed by atoms with Crippen molar-refractivity contribution >= 4 is 5.91 Å². The first-order valence-corrected chi connectivity index (χ1v) is 10.8. The summed E-state index contributed by atoms with van der Waals surface area (Å²) < 4.78 is 17.7. The molecule has 1 N–H and O–H groups in total. The van der Waals surface area contributed by atoms with E-state index in [1.165, 1.54) is 18.5 Å². The van der Waals surface area contributed by atoms with Gasteiger partial charge in [0.2, 0.25) is 0 Å². The molecule has 158 valence electrons. The Bertz CT molecular complexity index is 902. The second-order valence-corrected chi connectivity index (χ2v) is 8.66. The van der Waals surface area contributed by atoms with Gasteiger partial charge in [-0.05, 0) is 62.6 Å². The second-order valence-electron chi connectivity index (χ2n) is 8.66. The number of carbonyl (C=O) groups excluding carboxylic acids is 1. The summed E-state index contributed by atoms with van der Waals surface area (Å²) in [6.07, 6.45) is 2.14. The number of nitrogens with zero attached hydrogens (tertiary/aromatic N) is 1. The quantitative estimate of drug-likeness (QED) is 0.824. The molecule has 2 fully saturated rings. The van der Waals surface area contributed by atoms with Gasteiger partial charge in [0.1, 0.15) is 19.0 Å². The SMILES string of the molecule is Cc1ccc(OC[C@@H]2COc3cc(C(=O)N[C@@H]4C[C@H]5CCN(C5)C4)ccc3O2)cc1. The average Bonchev–Trinajstić information content (AvgIpc) is 3.10. The molecule has 6 heteroatoms. The van der Waals surface area contributed by atoms with Gasteiger partial charge >= 0.3 is 0 Å². The Kier molecular flexibility index (Phi) is 5.25. The molecule has 3 aliphatic rings. The zero-order valence-electron chi connectivity index (χ0n) is 17.3. The van der Waals surface area contributed by atoms with Crippen molar-refractivity contribution in [3.63, 3.8) is 0 Å². The van der Waals surface area contributed by atoms with Gasteiger partial charge in [0, 0.05) is 24.7 Å². The van der Waals surface area contributed by atoms with E-state index in [0.29, 0.717) is 30.3 Å². The number of benzene rings is 2. The summed E-state index contributed by atoms with van der Waals surface area (Å²) in [5.41, 5.74) is 1.81. The standard InChI is InChI=1S/C24H28N2O4/c1-16-2-5-20(6-3-16)28-14-21-15-29-23-11-18(4-7-22(23)30-21)24(27)25-19-10-17-8-9-26(12-17)13-19/h2-7,11,17,19,21H,8-10,12-15H2,1H3,(H,25,27)/t17-,19-,21-/m1/s1. The van der Waals surface area contributed by atoms with Crippen LogP contribution in [0.15, 0.2) is 42.5 Å². The maximum atomic E-state index is 12.7. The van der Waals surface area contributed by atoms with E-state index < -0.39 is 0 Å². The van der Waals surface area contributed by atoms with Crippen molar-refractivity contribution in [1.82, 2.24) is 10.2 Å². The Morgan fingerprint density at radius 1 is 1.17 bits per heavy atom. The maximum Gasteiger partial charge on any atom is 0.251 e. The van der Waals surface area contributed by atoms with Crippen LogP contribution >= 0.6 is 0 Å². The van der Waals surface area contributed by atoms with E-state index in [0.717, 1.165) is 31.2 Å². The third kappa shape index (κ3) is 4.24. The third-order valence-corrected chi connectivity index (χ3v) is 6.18. The molecule has 2 aromatic rings. The molecule has 6 nitrogen and oxygen atoms in total. The molecular weight excluding hydrogens is 380 g/mol. The van der Waals surface area contributed by atoms with Crippen molar-refractivity contribution in [3.05, 3.63) is 53.6 Å². The van der Waals surface area contributed by atoms with Crippen molar-refractivity contribution in [2.75, 3.05) is 32.8 Å². The number of nitrogens with one attached hydrogen (secondary N) is 1. The van der Waals surface area contributed by atoms with E-state index in [1.807, 2.05) is 37.3 Å². The summed E-state index contributed by atoms with van der Waals surface area (Å²) >= 11 is 0. The molecule has 0 radical (unpaired) electrons. The lowest BCUT2D eigenvalue weighted by molar-refractivity contribution is 0.0534. The Labute approximate surface area is 177 Å². The molecule has 2 aromatic carbocycles. The highest BCUT2D eigenvalue weighted by Gasteiger charge is 2.33. The fraction of sp³-hybridized carbons (Fsp3) is 0.458. The molecule has 0 aromatic heterocycles. The zero-order chi connectivity index (χ0) is 20.5. The second kappa shape index (κ2) is 8.19. The van der Waals surface area contributed by atoms with Crippen LogP contribution in [-0.4, -0.2) is 55.8 Å². The van der Waals surface area contributed by atoms with Crippen molar-refractivity contribution < 1.29 is 19.0 Å². The van der Waals surface area contributed by atoms with E-state index in [2.05, 4.69) is 10.2 Å². The van der Waals surface area contributed by atoms with E-state index >= 15 is 0 Å². The summed E-state index contributed by atoms with van der Waals surface area (Å²) in [5.74, 6) is 2.76. The number of rotatable bonds is 5. The van der Waals surface area contributed by atoms with Gasteiger partial charge in [-0.1, -0.05) is 17.7 Å². The molecule has 3 aliphatic heterocycles. The van der Waals surface area contributed by atoms with Crippen LogP contribution in [0.2, 0.25) is 0 Å². The molecule has 1 amide bonds. The fourth-order valence-electron chi connectivity index (χ4n) is 4.59. The van der Waals surface area contributed by atoms with Crippen LogP contribution in [0.25, 0.3) is 0 Å². The van der Waals surface area contributed by atoms with Crippen LogP contribution < -0.4 is 19.5 Å². The highest BCUT2D eigenvalue weighted by molar-refractivity contribution is 5.95. The van der Waals surface area contributed by atoms with Gasteiger partial charge in [0.25, 0.3) is 5.91 Å². The lowest BCUT2D eigenvalue weighted by atomic mass is 9.96. The molecule has 2 bridgehead atoms. The van der Waals surface area contributed by atoms with Gasteiger partial charge in [-0.3, -0.25) is 4.79 Å². The van der Waals surface area contributed by atoms with Crippen molar-refractivity contribution in [2.24, 2.45) is 5.92 Å². The van der Waals surface area contributed by atoms with Gasteiger partial charge in [-0.15, -0.1) is 0 Å². The first-order chi connectivity index (χ1) is 14.6. The highest BCUT2D eigenvalue weighted by Crippen LogP contribution is 2.33. The van der Waals surface area contributed by atoms with Crippen molar-refractivity contribution in [1.29, 1.82) is 0 Å². The number of hydrogen-bond donors (Lipinski definition) is 1. The monoisotopic (exact) mass is 408 g/mol. The van der Waals surface area contributed by atoms with Crippen LogP contribution in [0.1, 0.15) is 28.8 Å². The topological polar surface area (TPSA) is 60.0 Å². The smallest absolute Gasteiger partial charge is 0.251 e. The van der Waals surface area contributed by atoms with Crippen LogP contribution in [0, 0.1) is 12.8 Å². The molecule has 30 heavy (non-hydrogen) atoms. The fourth-order valence-corrected chi connectivity index (χ4v) is 4.59. The molecule has 3 heterocycles. The Hall–Kier alpha value is -2.73. The molecule has 4 atom stereocenters. The van der Waals surface area contributed by atoms with E-state index in [9.17, 15) is 4.79 Å². The predicted molar refractivity (Wildman–Crippen MR) is 113 cm³/mol. The minimum absolute atomic E-state index is 0.0428. The molecular formula is C24H28N2O4. The first kappa shape index (κ1) is 19.2. The van der Waals surface area contributed by atoms with Crippen LogP contribution in [0.4, 0.5) is 0 Å². The van der Waals surface area contributed by atoms with Gasteiger partial charge in [0.05, 0.1) is 0 Å². The molecule has 0 spiro atoms. The third-order valence-electron chi connectivity index (χ3n) is 6.18. The lowest BCUT2D eigenvalue weighted by Gasteiger charge is -2.30. The number of amides is 1. The Balaban J connectivity index is 1.17. The van der Waals surface area contributed by atoms with Gasteiger partial charge in [-0.2, -0.15) is 0 Å². The largest absolute Gasteiger partial charge is 0.490 e. The van der Waals surface area contributed by atoms with E-state index in [-0.39, 0.29) is 18.1 Å². The van der Waals surface area contributed by atoms with E-state index in [1.54, 1.807) is 12.1 Å². The summed E-state index contributed by atoms with van der Waals surface area (Å²) in [6, 6.07) is 13.6. The van der Waals surface area contributed by atoms with Crippen LogP contribution in [-0.2, 0) is 0 Å². The van der Waals surface area contributed by atoms with Crippen molar-refractivity contribution in [3.8, 4) is 17.2 Å². The molecule has 0 aliphatic carbocycles. The minimum Gasteiger partial charge on any atom is -0.490 e. The van der Waals surface area contributed by atoms with Crippen molar-refractivity contribution in [2.45, 2.75) is 31.9 Å². The Morgan fingerprint density at radius 3 is 2.87 bits per heavy atom. The molecule has 5 rings (SSSR count). The number of hydrogen-bond acceptors (Lipinski definition) is 5. The molecule has 2 saturated heterocycles. The number of ether oxygens (including phenoxy) is 3. The average molecular weight is 408 g/mol.